The van der Waals surface area contributed by atoms with Crippen molar-refractivity contribution in [3.63, 3.8) is 0 Å². The predicted octanol–water partition coefficient (Wildman–Crippen LogP) is 2.59. The van der Waals surface area contributed by atoms with E-state index >= 15 is 0 Å². The maximum Gasteiger partial charge on any atom is 0.102 e. The maximum absolute atomic E-state index is 10.6. The molecule has 2 heteroatoms. The van der Waals surface area contributed by atoms with Gasteiger partial charge in [-0.15, -0.1) is 0 Å². The molecular weight excluding hydrogens is 198 g/mol. The maximum atomic E-state index is 10.6. The fourth-order valence-corrected chi connectivity index (χ4v) is 1.67. The molecule has 0 fully saturated rings. The van der Waals surface area contributed by atoms with E-state index in [0.29, 0.717) is 12.6 Å². The lowest BCUT2D eigenvalue weighted by molar-refractivity contribution is 0.0308. The molecule has 0 aliphatic carbocycles. The lowest BCUT2D eigenvalue weighted by Gasteiger charge is -2.29. The number of hydrogen-bond acceptors (Lipinski definition) is 2. The highest BCUT2D eigenvalue weighted by molar-refractivity contribution is 5.26. The summed E-state index contributed by atoms with van der Waals surface area (Å²) in [5.74, 6) is 0. The highest BCUT2D eigenvalue weighted by atomic mass is 16.3. The van der Waals surface area contributed by atoms with Crippen molar-refractivity contribution in [3.05, 3.63) is 35.4 Å². The van der Waals surface area contributed by atoms with Crippen molar-refractivity contribution in [2.45, 2.75) is 45.8 Å². The lowest BCUT2D eigenvalue weighted by Crippen LogP contribution is -2.40. The minimum absolute atomic E-state index is 0.392. The topological polar surface area (TPSA) is 32.3 Å². The summed E-state index contributed by atoms with van der Waals surface area (Å²) < 4.78 is 0. The second kappa shape index (κ2) is 5.46. The van der Waals surface area contributed by atoms with Gasteiger partial charge in [0, 0.05) is 12.6 Å². The van der Waals surface area contributed by atoms with Crippen molar-refractivity contribution in [1.29, 1.82) is 0 Å². The molecule has 0 spiro atoms. The van der Waals surface area contributed by atoms with Crippen LogP contribution in [0.4, 0.5) is 0 Å². The molecule has 0 heterocycles. The summed E-state index contributed by atoms with van der Waals surface area (Å²) in [6.07, 6.45) is 0.718. The van der Waals surface area contributed by atoms with Gasteiger partial charge in [-0.2, -0.15) is 0 Å². The van der Waals surface area contributed by atoms with Gasteiger partial charge < -0.3 is 10.4 Å². The van der Waals surface area contributed by atoms with E-state index in [1.54, 1.807) is 0 Å². The Kier molecular flexibility index (Phi) is 4.51. The quantitative estimate of drug-likeness (QED) is 0.801. The minimum Gasteiger partial charge on any atom is -0.384 e. The third-order valence-electron chi connectivity index (χ3n) is 2.98. The summed E-state index contributed by atoms with van der Waals surface area (Å²) in [7, 11) is 0. The van der Waals surface area contributed by atoms with Gasteiger partial charge in [0.25, 0.3) is 0 Å². The molecule has 0 aliphatic rings. The predicted molar refractivity (Wildman–Crippen MR) is 68.5 cm³/mol. The second-order valence-electron chi connectivity index (χ2n) is 4.79. The Morgan fingerprint density at radius 2 is 1.81 bits per heavy atom. The number of hydrogen-bond donors (Lipinski definition) is 2. The first-order chi connectivity index (χ1) is 7.48. The first-order valence-electron chi connectivity index (χ1n) is 6.01. The fraction of sp³-hybridized carbons (Fsp3) is 0.571. The Morgan fingerprint density at radius 1 is 1.25 bits per heavy atom. The molecule has 1 aromatic rings. The van der Waals surface area contributed by atoms with E-state index in [4.69, 9.17) is 0 Å². The molecule has 90 valence electrons. The Hall–Kier alpha value is -0.860. The van der Waals surface area contributed by atoms with Crippen molar-refractivity contribution in [1.82, 2.24) is 5.32 Å². The van der Waals surface area contributed by atoms with E-state index in [-0.39, 0.29) is 0 Å². The average Bonchev–Trinajstić information content (AvgIpc) is 2.27. The molecule has 1 rings (SSSR count). The number of aryl methyl sites for hydroxylation is 1. The van der Waals surface area contributed by atoms with Crippen LogP contribution in [-0.4, -0.2) is 17.7 Å². The SMILES string of the molecule is CCC(O)(CNC(C)C)c1ccc(C)cc1. The van der Waals surface area contributed by atoms with Crippen LogP contribution in [-0.2, 0) is 5.60 Å². The van der Waals surface area contributed by atoms with Crippen LogP contribution in [0.3, 0.4) is 0 Å². The highest BCUT2D eigenvalue weighted by Gasteiger charge is 2.26. The monoisotopic (exact) mass is 221 g/mol. The Morgan fingerprint density at radius 3 is 2.25 bits per heavy atom. The lowest BCUT2D eigenvalue weighted by atomic mass is 9.90. The van der Waals surface area contributed by atoms with Crippen LogP contribution in [0.2, 0.25) is 0 Å². The Balaban J connectivity index is 2.82. The van der Waals surface area contributed by atoms with Gasteiger partial charge in [0.05, 0.1) is 0 Å². The molecular formula is C14H23NO. The highest BCUT2D eigenvalue weighted by Crippen LogP contribution is 2.24. The smallest absolute Gasteiger partial charge is 0.102 e. The van der Waals surface area contributed by atoms with Gasteiger partial charge in [-0.05, 0) is 18.9 Å². The summed E-state index contributed by atoms with van der Waals surface area (Å²) in [6.45, 7) is 8.85. The fourth-order valence-electron chi connectivity index (χ4n) is 1.67. The van der Waals surface area contributed by atoms with E-state index in [9.17, 15) is 5.11 Å². The molecule has 0 saturated carbocycles. The number of aliphatic hydroxyl groups is 1. The summed E-state index contributed by atoms with van der Waals surface area (Å²) >= 11 is 0. The molecule has 0 saturated heterocycles. The Bertz CT molecular complexity index is 318. The second-order valence-corrected chi connectivity index (χ2v) is 4.79. The third kappa shape index (κ3) is 3.32. The van der Waals surface area contributed by atoms with Gasteiger partial charge in [-0.25, -0.2) is 0 Å². The number of nitrogens with one attached hydrogen (secondary N) is 1. The molecule has 16 heavy (non-hydrogen) atoms. The van der Waals surface area contributed by atoms with Gasteiger partial charge in [0.15, 0.2) is 0 Å². The van der Waals surface area contributed by atoms with Crippen LogP contribution in [0.5, 0.6) is 0 Å². The summed E-state index contributed by atoms with van der Waals surface area (Å²) in [5.41, 5.74) is 1.46. The van der Waals surface area contributed by atoms with Crippen molar-refractivity contribution < 1.29 is 5.11 Å². The largest absolute Gasteiger partial charge is 0.384 e. The van der Waals surface area contributed by atoms with Gasteiger partial charge in [-0.1, -0.05) is 50.6 Å². The van der Waals surface area contributed by atoms with Crippen molar-refractivity contribution >= 4 is 0 Å². The molecule has 1 atom stereocenters. The van der Waals surface area contributed by atoms with Crippen LogP contribution in [0.1, 0.15) is 38.3 Å². The molecule has 1 unspecified atom stereocenters. The Labute approximate surface area is 98.7 Å². The van der Waals surface area contributed by atoms with E-state index in [2.05, 4.69) is 26.1 Å². The number of benzene rings is 1. The van der Waals surface area contributed by atoms with Crippen LogP contribution in [0.25, 0.3) is 0 Å². The zero-order chi connectivity index (χ0) is 12.2. The van der Waals surface area contributed by atoms with Crippen molar-refractivity contribution in [2.75, 3.05) is 6.54 Å². The van der Waals surface area contributed by atoms with Crippen molar-refractivity contribution in [3.8, 4) is 0 Å². The summed E-state index contributed by atoms with van der Waals surface area (Å²) in [5, 5.41) is 13.9. The average molecular weight is 221 g/mol. The van der Waals surface area contributed by atoms with Crippen molar-refractivity contribution in [2.24, 2.45) is 0 Å². The van der Waals surface area contributed by atoms with E-state index in [1.165, 1.54) is 5.56 Å². The van der Waals surface area contributed by atoms with Crippen LogP contribution < -0.4 is 5.32 Å². The molecule has 0 bridgehead atoms. The van der Waals surface area contributed by atoms with E-state index in [0.717, 1.165) is 12.0 Å². The molecule has 0 aliphatic heterocycles. The van der Waals surface area contributed by atoms with Crippen LogP contribution >= 0.6 is 0 Å². The molecule has 0 amide bonds. The first-order valence-corrected chi connectivity index (χ1v) is 6.01. The first kappa shape index (κ1) is 13.2. The normalized spacial score (nSPS) is 15.1. The summed E-state index contributed by atoms with van der Waals surface area (Å²) in [4.78, 5) is 0. The minimum atomic E-state index is -0.752. The summed E-state index contributed by atoms with van der Waals surface area (Å²) in [6, 6.07) is 8.52. The number of rotatable bonds is 5. The standard InChI is InChI=1S/C14H23NO/c1-5-14(16,10-15-11(2)3)13-8-6-12(4)7-9-13/h6-9,11,15-16H,5,10H2,1-4H3. The van der Waals surface area contributed by atoms with Gasteiger partial charge in [-0.3, -0.25) is 0 Å². The van der Waals surface area contributed by atoms with Gasteiger partial charge >= 0.3 is 0 Å². The van der Waals surface area contributed by atoms with Crippen LogP contribution in [0.15, 0.2) is 24.3 Å². The molecule has 2 N–H and O–H groups in total. The molecule has 1 aromatic carbocycles. The zero-order valence-corrected chi connectivity index (χ0v) is 10.7. The van der Waals surface area contributed by atoms with E-state index in [1.807, 2.05) is 31.2 Å². The molecule has 2 nitrogen and oxygen atoms in total. The molecule has 0 radical (unpaired) electrons. The van der Waals surface area contributed by atoms with Gasteiger partial charge in [0.1, 0.15) is 5.60 Å². The third-order valence-corrected chi connectivity index (χ3v) is 2.98. The van der Waals surface area contributed by atoms with Crippen LogP contribution in [0, 0.1) is 6.92 Å². The van der Waals surface area contributed by atoms with Gasteiger partial charge in [0.2, 0.25) is 0 Å². The molecule has 0 aromatic heterocycles. The zero-order valence-electron chi connectivity index (χ0n) is 10.7. The van der Waals surface area contributed by atoms with E-state index < -0.39 is 5.60 Å².